The van der Waals surface area contributed by atoms with Gasteiger partial charge in [0.15, 0.2) is 6.10 Å². The predicted octanol–water partition coefficient (Wildman–Crippen LogP) is -1.26. The van der Waals surface area contributed by atoms with E-state index in [2.05, 4.69) is 4.98 Å². The van der Waals surface area contributed by atoms with Gasteiger partial charge in [-0.1, -0.05) is 0 Å². The molecule has 1 saturated carbocycles. The van der Waals surface area contributed by atoms with Crippen LogP contribution in [0.1, 0.15) is 12.8 Å². The van der Waals surface area contributed by atoms with E-state index < -0.39 is 11.2 Å². The number of nitrogens with one attached hydrogen (secondary N) is 1. The van der Waals surface area contributed by atoms with Gasteiger partial charge in [0.25, 0.3) is 5.56 Å². The SMILES string of the molecule is O=c1ccn(O[C@H](CO)C2CC2)c(=O)[nH]1. The summed E-state index contributed by atoms with van der Waals surface area (Å²) < 4.78 is 0.945. The first-order valence-corrected chi connectivity index (χ1v) is 4.80. The van der Waals surface area contributed by atoms with Gasteiger partial charge in [-0.05, 0) is 12.8 Å². The molecule has 1 aliphatic rings. The Morgan fingerprint density at radius 1 is 1.60 bits per heavy atom. The molecule has 1 aromatic heterocycles. The number of hydrogen-bond donors (Lipinski definition) is 2. The minimum atomic E-state index is -0.624. The molecule has 0 aliphatic heterocycles. The molecular formula is C9H12N2O4. The Hall–Kier alpha value is -1.56. The van der Waals surface area contributed by atoms with Crippen molar-refractivity contribution in [3.8, 4) is 0 Å². The van der Waals surface area contributed by atoms with Gasteiger partial charge in [-0.25, -0.2) is 4.79 Å². The van der Waals surface area contributed by atoms with Gasteiger partial charge < -0.3 is 9.94 Å². The zero-order valence-corrected chi connectivity index (χ0v) is 8.05. The van der Waals surface area contributed by atoms with Crippen molar-refractivity contribution >= 4 is 0 Å². The van der Waals surface area contributed by atoms with Gasteiger partial charge in [-0.15, -0.1) is 4.73 Å². The van der Waals surface area contributed by atoms with Gasteiger partial charge in [0.1, 0.15) is 0 Å². The van der Waals surface area contributed by atoms with E-state index in [1.165, 1.54) is 12.3 Å². The first-order chi connectivity index (χ1) is 7.20. The fraction of sp³-hybridized carbons (Fsp3) is 0.556. The van der Waals surface area contributed by atoms with Crippen molar-refractivity contribution in [3.05, 3.63) is 33.1 Å². The molecule has 0 aromatic carbocycles. The molecule has 1 aliphatic carbocycles. The van der Waals surface area contributed by atoms with Crippen LogP contribution in [0.2, 0.25) is 0 Å². The molecule has 6 heteroatoms. The highest BCUT2D eigenvalue weighted by molar-refractivity contribution is 4.84. The molecule has 82 valence electrons. The summed E-state index contributed by atoms with van der Waals surface area (Å²) in [5.74, 6) is 0.314. The predicted molar refractivity (Wildman–Crippen MR) is 51.5 cm³/mol. The molecule has 1 atom stereocenters. The maximum atomic E-state index is 11.2. The molecule has 0 spiro atoms. The lowest BCUT2D eigenvalue weighted by Crippen LogP contribution is -2.39. The highest BCUT2D eigenvalue weighted by Gasteiger charge is 2.33. The van der Waals surface area contributed by atoms with Crippen molar-refractivity contribution in [1.82, 2.24) is 9.71 Å². The number of aliphatic hydroxyl groups is 1. The summed E-state index contributed by atoms with van der Waals surface area (Å²) in [5, 5.41) is 9.03. The van der Waals surface area contributed by atoms with E-state index in [4.69, 9.17) is 9.94 Å². The molecule has 1 fully saturated rings. The summed E-state index contributed by atoms with van der Waals surface area (Å²) in [6.45, 7) is -0.129. The Balaban J connectivity index is 2.15. The van der Waals surface area contributed by atoms with Crippen LogP contribution in [0.4, 0.5) is 0 Å². The summed E-state index contributed by atoms with van der Waals surface area (Å²) in [5.41, 5.74) is -1.09. The quantitative estimate of drug-likeness (QED) is 0.652. The van der Waals surface area contributed by atoms with Gasteiger partial charge >= 0.3 is 5.69 Å². The zero-order chi connectivity index (χ0) is 10.8. The molecule has 0 unspecified atom stereocenters. The molecule has 0 bridgehead atoms. The van der Waals surface area contributed by atoms with Crippen molar-refractivity contribution in [2.75, 3.05) is 6.61 Å². The molecule has 0 saturated heterocycles. The lowest BCUT2D eigenvalue weighted by Gasteiger charge is -2.15. The first-order valence-electron chi connectivity index (χ1n) is 4.80. The second-order valence-electron chi connectivity index (χ2n) is 3.60. The summed E-state index contributed by atoms with van der Waals surface area (Å²) in [6, 6.07) is 1.20. The maximum absolute atomic E-state index is 11.2. The molecule has 2 N–H and O–H groups in total. The molecule has 1 heterocycles. The number of rotatable bonds is 4. The standard InChI is InChI=1S/C9H12N2O4/c12-5-7(6-1-2-6)15-11-4-3-8(13)10-9(11)14/h3-4,6-7,12H,1-2,5H2,(H,10,13,14)/t7-/m1/s1. The molecular weight excluding hydrogens is 200 g/mol. The van der Waals surface area contributed by atoms with Crippen molar-refractivity contribution in [1.29, 1.82) is 0 Å². The lowest BCUT2D eigenvalue weighted by atomic mass is 10.2. The topological polar surface area (TPSA) is 84.3 Å². The third-order valence-electron chi connectivity index (χ3n) is 2.37. The number of aliphatic hydroxyl groups excluding tert-OH is 1. The highest BCUT2D eigenvalue weighted by atomic mass is 16.7. The van der Waals surface area contributed by atoms with E-state index >= 15 is 0 Å². The summed E-state index contributed by atoms with van der Waals surface area (Å²) in [6.07, 6.45) is 2.90. The zero-order valence-electron chi connectivity index (χ0n) is 8.05. The molecule has 0 radical (unpaired) electrons. The van der Waals surface area contributed by atoms with Gasteiger partial charge in [-0.3, -0.25) is 9.78 Å². The smallest absolute Gasteiger partial charge is 0.361 e. The van der Waals surface area contributed by atoms with E-state index in [1.54, 1.807) is 0 Å². The van der Waals surface area contributed by atoms with Crippen LogP contribution in [0.15, 0.2) is 21.9 Å². The highest BCUT2D eigenvalue weighted by Crippen LogP contribution is 2.32. The van der Waals surface area contributed by atoms with E-state index in [0.29, 0.717) is 5.92 Å². The monoisotopic (exact) mass is 212 g/mol. The van der Waals surface area contributed by atoms with Crippen molar-refractivity contribution < 1.29 is 9.94 Å². The molecule has 1 aromatic rings. The molecule has 6 nitrogen and oxygen atoms in total. The third kappa shape index (κ3) is 2.27. The first kappa shape index (κ1) is 9.97. The molecule has 15 heavy (non-hydrogen) atoms. The maximum Gasteiger partial charge on any atom is 0.361 e. The van der Waals surface area contributed by atoms with Crippen molar-refractivity contribution in [2.45, 2.75) is 18.9 Å². The van der Waals surface area contributed by atoms with Crippen LogP contribution >= 0.6 is 0 Å². The number of nitrogens with zero attached hydrogens (tertiary/aromatic N) is 1. The van der Waals surface area contributed by atoms with Crippen LogP contribution in [0.3, 0.4) is 0 Å². The molecule has 2 rings (SSSR count). The average molecular weight is 212 g/mol. The van der Waals surface area contributed by atoms with Crippen LogP contribution < -0.4 is 16.1 Å². The molecule has 0 amide bonds. The Labute approximate surface area is 85.1 Å². The normalized spacial score (nSPS) is 17.4. The minimum Gasteiger partial charge on any atom is -0.404 e. The van der Waals surface area contributed by atoms with Crippen LogP contribution in [0.5, 0.6) is 0 Å². The van der Waals surface area contributed by atoms with Gasteiger partial charge in [0.05, 0.1) is 12.8 Å². The number of aromatic amines is 1. The summed E-state index contributed by atoms with van der Waals surface area (Å²) in [7, 11) is 0. The van der Waals surface area contributed by atoms with Crippen LogP contribution in [-0.2, 0) is 0 Å². The van der Waals surface area contributed by atoms with Crippen molar-refractivity contribution in [2.24, 2.45) is 5.92 Å². The fourth-order valence-corrected chi connectivity index (χ4v) is 1.37. The van der Waals surface area contributed by atoms with Gasteiger partial charge in [-0.2, -0.15) is 0 Å². The van der Waals surface area contributed by atoms with E-state index in [9.17, 15) is 9.59 Å². The largest absolute Gasteiger partial charge is 0.404 e. The lowest BCUT2D eigenvalue weighted by molar-refractivity contribution is -0.0174. The fourth-order valence-electron chi connectivity index (χ4n) is 1.37. The average Bonchev–Trinajstić information content (AvgIpc) is 3.00. The van der Waals surface area contributed by atoms with E-state index in [-0.39, 0.29) is 12.7 Å². The van der Waals surface area contributed by atoms with Crippen LogP contribution in [-0.4, -0.2) is 27.5 Å². The minimum absolute atomic E-state index is 0.129. The number of H-pyrrole nitrogens is 1. The third-order valence-corrected chi connectivity index (χ3v) is 2.37. The Bertz CT molecular complexity index is 446. The van der Waals surface area contributed by atoms with Gasteiger partial charge in [0, 0.05) is 12.0 Å². The van der Waals surface area contributed by atoms with Crippen LogP contribution in [0, 0.1) is 5.92 Å². The Morgan fingerprint density at radius 2 is 2.33 bits per heavy atom. The Kier molecular flexibility index (Phi) is 2.59. The van der Waals surface area contributed by atoms with E-state index in [1.807, 2.05) is 0 Å². The van der Waals surface area contributed by atoms with Crippen LogP contribution in [0.25, 0.3) is 0 Å². The number of hydrogen-bond acceptors (Lipinski definition) is 4. The Morgan fingerprint density at radius 3 is 2.87 bits per heavy atom. The number of aromatic nitrogens is 2. The second kappa shape index (κ2) is 3.90. The van der Waals surface area contributed by atoms with Crippen molar-refractivity contribution in [3.63, 3.8) is 0 Å². The summed E-state index contributed by atoms with van der Waals surface area (Å²) in [4.78, 5) is 29.3. The van der Waals surface area contributed by atoms with Gasteiger partial charge in [0.2, 0.25) is 0 Å². The summed E-state index contributed by atoms with van der Waals surface area (Å²) >= 11 is 0. The van der Waals surface area contributed by atoms with E-state index in [0.717, 1.165) is 17.6 Å². The second-order valence-corrected chi connectivity index (χ2v) is 3.60.